The first-order chi connectivity index (χ1) is 28.8. The molecule has 0 aromatic heterocycles. The smallest absolute Gasteiger partial charge is 0.0602 e. The van der Waals surface area contributed by atoms with Crippen LogP contribution in [0, 0.1) is 0 Å². The molecule has 11 rings (SSSR count). The van der Waals surface area contributed by atoms with Gasteiger partial charge in [0.25, 0.3) is 0 Å². The maximum atomic E-state index is 2.55. The maximum absolute atomic E-state index is 3.88. The fourth-order valence-corrected chi connectivity index (χ4v) is 24.7. The third-order valence-corrected chi connectivity index (χ3v) is 26.2. The zero-order valence-electron chi connectivity index (χ0n) is 32.0. The number of anilines is 6. The predicted octanol–water partition coefficient (Wildman–Crippen LogP) is 11.0. The Labute approximate surface area is 344 Å². The van der Waals surface area contributed by atoms with Gasteiger partial charge in [0.15, 0.2) is 0 Å². The Morgan fingerprint density at radius 1 is 0.293 bits per heavy atom. The standard InChI is InChI=1S/C43H30N2.2C6H5.Sn/c1-5-18-33(19-6-1)43(34-20-17-27-38(32-34)44(35-21-7-2-8-22-35)36-23-9-3-10-24-36)39-28-13-15-30-41(39)45(37-25-11-4-12-26-37)42-31-16-14-29-40(42)43;2*1-2-4-6-5-3-1;/h1-21,23,25-32H;2*1-5H;. The van der Waals surface area contributed by atoms with E-state index in [1.165, 1.54) is 59.3 Å². The van der Waals surface area contributed by atoms with Crippen molar-refractivity contribution >= 4 is 66.8 Å². The zero-order chi connectivity index (χ0) is 38.5. The first-order valence-corrected chi connectivity index (χ1v) is 25.8. The molecule has 0 saturated carbocycles. The molecule has 2 heterocycles. The van der Waals surface area contributed by atoms with Gasteiger partial charge in [-0.15, -0.1) is 0 Å². The summed E-state index contributed by atoms with van der Waals surface area (Å²) in [6, 6.07) is 90.5. The van der Waals surface area contributed by atoms with E-state index in [2.05, 4.69) is 252 Å². The Bertz CT molecular complexity index is 2770. The van der Waals surface area contributed by atoms with Crippen LogP contribution in [-0.4, -0.2) is 18.4 Å². The number of fused-ring (bicyclic) bond motifs is 4. The van der Waals surface area contributed by atoms with E-state index in [-0.39, 0.29) is 0 Å². The van der Waals surface area contributed by atoms with E-state index < -0.39 is 23.8 Å². The molecule has 0 radical (unpaired) electrons. The van der Waals surface area contributed by atoms with Gasteiger partial charge in [-0.05, 0) is 0 Å². The van der Waals surface area contributed by atoms with Gasteiger partial charge >= 0.3 is 329 Å². The number of benzene rings is 9. The van der Waals surface area contributed by atoms with E-state index >= 15 is 0 Å². The van der Waals surface area contributed by atoms with Crippen molar-refractivity contribution in [1.29, 1.82) is 0 Å². The van der Waals surface area contributed by atoms with Crippen LogP contribution in [0.3, 0.4) is 0 Å². The first-order valence-electron chi connectivity index (χ1n) is 20.1. The summed E-state index contributed by atoms with van der Waals surface area (Å²) in [5.41, 5.74) is 11.5. The second kappa shape index (κ2) is 14.1. The van der Waals surface area contributed by atoms with Crippen molar-refractivity contribution in [2.45, 2.75) is 5.41 Å². The molecule has 0 N–H and O–H groups in total. The molecule has 0 aliphatic carbocycles. The topological polar surface area (TPSA) is 6.48 Å². The second-order valence-electron chi connectivity index (χ2n) is 15.2. The zero-order valence-corrected chi connectivity index (χ0v) is 34.8. The SMILES string of the molecule is c1ccc(N2c3ccccc3C(c3ccccc3)(c3cccc(N4c5cccc[c]5[Sn]([c]5ccccc5)([c]5ccccc5)[c]5ccccc54)c3)c3ccccc32)cc1. The number of hydrogen-bond acceptors (Lipinski definition) is 2. The van der Waals surface area contributed by atoms with Gasteiger partial charge in [0.05, 0.1) is 0 Å². The van der Waals surface area contributed by atoms with Gasteiger partial charge in [-0.1, -0.05) is 18.2 Å². The van der Waals surface area contributed by atoms with E-state index in [1.807, 2.05) is 0 Å². The minimum absolute atomic E-state index is 0.609. The molecule has 3 heteroatoms. The summed E-state index contributed by atoms with van der Waals surface area (Å²) >= 11 is -3.88. The molecule has 2 nitrogen and oxygen atoms in total. The van der Waals surface area contributed by atoms with E-state index in [1.54, 1.807) is 0 Å². The van der Waals surface area contributed by atoms with Crippen molar-refractivity contribution in [3.05, 3.63) is 265 Å². The Morgan fingerprint density at radius 2 is 0.672 bits per heavy atom. The van der Waals surface area contributed by atoms with E-state index in [0.717, 1.165) is 11.4 Å². The van der Waals surface area contributed by atoms with E-state index in [4.69, 9.17) is 0 Å². The molecule has 274 valence electrons. The van der Waals surface area contributed by atoms with Crippen LogP contribution >= 0.6 is 0 Å². The van der Waals surface area contributed by atoms with Gasteiger partial charge in [0.2, 0.25) is 0 Å². The van der Waals surface area contributed by atoms with E-state index in [9.17, 15) is 0 Å². The van der Waals surface area contributed by atoms with Crippen molar-refractivity contribution in [2.24, 2.45) is 0 Å². The molecule has 0 atom stereocenters. The average Bonchev–Trinajstić information content (AvgIpc) is 3.31. The predicted molar refractivity (Wildman–Crippen MR) is 245 cm³/mol. The van der Waals surface area contributed by atoms with Crippen LogP contribution in [0.2, 0.25) is 0 Å². The van der Waals surface area contributed by atoms with Gasteiger partial charge in [-0.25, -0.2) is 0 Å². The summed E-state index contributed by atoms with van der Waals surface area (Å²) in [5.74, 6) is 0. The molecular formula is C55H40N2Sn. The van der Waals surface area contributed by atoms with Crippen molar-refractivity contribution in [3.63, 3.8) is 0 Å². The van der Waals surface area contributed by atoms with Gasteiger partial charge < -0.3 is 0 Å². The molecule has 0 fully saturated rings. The molecule has 0 amide bonds. The van der Waals surface area contributed by atoms with Crippen LogP contribution < -0.4 is 24.1 Å². The van der Waals surface area contributed by atoms with Crippen molar-refractivity contribution in [1.82, 2.24) is 0 Å². The molecule has 9 aromatic rings. The molecule has 0 unspecified atom stereocenters. The summed E-state index contributed by atoms with van der Waals surface area (Å²) in [7, 11) is 0. The minimum atomic E-state index is -3.88. The van der Waals surface area contributed by atoms with Gasteiger partial charge in [0, 0.05) is 0 Å². The summed E-state index contributed by atoms with van der Waals surface area (Å²) in [6.07, 6.45) is 0. The van der Waals surface area contributed by atoms with Gasteiger partial charge in [0.1, 0.15) is 0 Å². The first kappa shape index (κ1) is 34.6. The summed E-state index contributed by atoms with van der Waals surface area (Å²) in [5, 5.41) is 0. The number of hydrogen-bond donors (Lipinski definition) is 0. The van der Waals surface area contributed by atoms with Crippen molar-refractivity contribution < 1.29 is 0 Å². The van der Waals surface area contributed by atoms with Gasteiger partial charge in [-0.3, -0.25) is 0 Å². The molecule has 2 aliphatic heterocycles. The fourth-order valence-electron chi connectivity index (χ4n) is 10.1. The Hall–Kier alpha value is -6.62. The molecule has 58 heavy (non-hydrogen) atoms. The molecule has 0 bridgehead atoms. The van der Waals surface area contributed by atoms with E-state index in [0.29, 0.717) is 0 Å². The Kier molecular flexibility index (Phi) is 8.41. The van der Waals surface area contributed by atoms with Crippen LogP contribution in [0.25, 0.3) is 0 Å². The van der Waals surface area contributed by atoms with Crippen molar-refractivity contribution in [2.75, 3.05) is 9.80 Å². The normalized spacial score (nSPS) is 14.4. The van der Waals surface area contributed by atoms with Crippen LogP contribution in [0.15, 0.2) is 243 Å². The molecule has 0 saturated heterocycles. The summed E-state index contributed by atoms with van der Waals surface area (Å²) in [6.45, 7) is 0. The monoisotopic (exact) mass is 848 g/mol. The fraction of sp³-hybridized carbons (Fsp3) is 0.0182. The van der Waals surface area contributed by atoms with Gasteiger partial charge in [-0.2, -0.15) is 0 Å². The Morgan fingerprint density at radius 3 is 1.21 bits per heavy atom. The number of nitrogens with zero attached hydrogens (tertiary/aromatic N) is 2. The third-order valence-electron chi connectivity index (χ3n) is 12.4. The molecule has 2 aliphatic rings. The van der Waals surface area contributed by atoms with Crippen molar-refractivity contribution in [3.8, 4) is 0 Å². The third kappa shape index (κ3) is 5.04. The molecule has 0 spiro atoms. The Balaban J connectivity index is 1.19. The summed E-state index contributed by atoms with van der Waals surface area (Å²) < 4.78 is 5.83. The van der Waals surface area contributed by atoms with Crippen LogP contribution in [0.4, 0.5) is 34.1 Å². The summed E-state index contributed by atoms with van der Waals surface area (Å²) in [4.78, 5) is 4.98. The van der Waals surface area contributed by atoms with Crippen LogP contribution in [0.5, 0.6) is 0 Å². The van der Waals surface area contributed by atoms with Crippen LogP contribution in [0.1, 0.15) is 22.3 Å². The average molecular weight is 848 g/mol. The quantitative estimate of drug-likeness (QED) is 0.154. The minimum Gasteiger partial charge on any atom is -0.0602 e. The number of para-hydroxylation sites is 5. The number of rotatable bonds is 6. The molecular weight excluding hydrogens is 807 g/mol. The van der Waals surface area contributed by atoms with Crippen LogP contribution in [-0.2, 0) is 5.41 Å². The second-order valence-corrected chi connectivity index (χ2v) is 25.9. The molecule has 9 aromatic carbocycles.